The van der Waals surface area contributed by atoms with Crippen LogP contribution in [0, 0.1) is 6.92 Å². The Kier molecular flexibility index (Phi) is 3.12. The number of aliphatic hydroxyl groups is 1. The minimum atomic E-state index is 0.0323. The van der Waals surface area contributed by atoms with Crippen molar-refractivity contribution in [1.82, 2.24) is 9.97 Å². The minimum Gasteiger partial charge on any atom is -0.437 e. The van der Waals surface area contributed by atoms with Gasteiger partial charge in [-0.25, -0.2) is 4.98 Å². The Morgan fingerprint density at radius 1 is 1.19 bits per heavy atom. The molecule has 0 unspecified atom stereocenters. The van der Waals surface area contributed by atoms with E-state index in [1.807, 2.05) is 6.92 Å². The van der Waals surface area contributed by atoms with Gasteiger partial charge >= 0.3 is 0 Å². The molecular weight excluding hydrogens is 204 g/mol. The zero-order chi connectivity index (χ0) is 11.4. The normalized spacial score (nSPS) is 10.1. The maximum absolute atomic E-state index is 8.89. The van der Waals surface area contributed by atoms with Crippen LogP contribution in [0.1, 0.15) is 11.3 Å². The first-order chi connectivity index (χ1) is 7.78. The van der Waals surface area contributed by atoms with Crippen LogP contribution in [0.15, 0.2) is 36.7 Å². The molecule has 1 aromatic carbocycles. The number of benzene rings is 1. The summed E-state index contributed by atoms with van der Waals surface area (Å²) in [6.07, 6.45) is 3.23. The molecule has 0 aliphatic heterocycles. The van der Waals surface area contributed by atoms with Gasteiger partial charge in [-0.15, -0.1) is 0 Å². The van der Waals surface area contributed by atoms with E-state index in [0.717, 1.165) is 11.3 Å². The number of aryl methyl sites for hydroxylation is 1. The molecule has 2 rings (SSSR count). The van der Waals surface area contributed by atoms with E-state index in [0.29, 0.717) is 11.6 Å². The molecule has 82 valence electrons. The van der Waals surface area contributed by atoms with Crippen LogP contribution in [0.5, 0.6) is 11.6 Å². The van der Waals surface area contributed by atoms with E-state index in [4.69, 9.17) is 9.84 Å². The molecule has 16 heavy (non-hydrogen) atoms. The quantitative estimate of drug-likeness (QED) is 0.853. The molecule has 0 fully saturated rings. The minimum absolute atomic E-state index is 0.0323. The lowest BCUT2D eigenvalue weighted by molar-refractivity contribution is 0.281. The average Bonchev–Trinajstić information content (AvgIpc) is 2.30. The van der Waals surface area contributed by atoms with Gasteiger partial charge in [-0.1, -0.05) is 12.1 Å². The van der Waals surface area contributed by atoms with Crippen LogP contribution < -0.4 is 4.74 Å². The second kappa shape index (κ2) is 4.72. The number of hydrogen-bond acceptors (Lipinski definition) is 4. The Labute approximate surface area is 93.6 Å². The fourth-order valence-electron chi connectivity index (χ4n) is 1.27. The van der Waals surface area contributed by atoms with Gasteiger partial charge in [0.2, 0.25) is 5.88 Å². The second-order valence-electron chi connectivity index (χ2n) is 3.40. The van der Waals surface area contributed by atoms with Crippen molar-refractivity contribution in [2.45, 2.75) is 13.5 Å². The van der Waals surface area contributed by atoms with Crippen LogP contribution in [0.4, 0.5) is 0 Å². The monoisotopic (exact) mass is 216 g/mol. The summed E-state index contributed by atoms with van der Waals surface area (Å²) in [5.74, 6) is 1.15. The maximum Gasteiger partial charge on any atom is 0.238 e. The van der Waals surface area contributed by atoms with Crippen LogP contribution in [-0.2, 0) is 6.61 Å². The Morgan fingerprint density at radius 2 is 1.94 bits per heavy atom. The Bertz CT molecular complexity index is 469. The highest BCUT2D eigenvalue weighted by atomic mass is 16.5. The molecule has 0 spiro atoms. The smallest absolute Gasteiger partial charge is 0.238 e. The number of hydrogen-bond donors (Lipinski definition) is 1. The number of aliphatic hydroxyl groups excluding tert-OH is 1. The van der Waals surface area contributed by atoms with E-state index in [-0.39, 0.29) is 6.61 Å². The SMILES string of the molecule is Cc1cncc(Oc2ccc(CO)cc2)n1. The van der Waals surface area contributed by atoms with Crippen LogP contribution >= 0.6 is 0 Å². The predicted octanol–water partition coefficient (Wildman–Crippen LogP) is 2.07. The van der Waals surface area contributed by atoms with Crippen molar-refractivity contribution in [3.05, 3.63) is 47.9 Å². The topological polar surface area (TPSA) is 55.2 Å². The fraction of sp³-hybridized carbons (Fsp3) is 0.167. The summed E-state index contributed by atoms with van der Waals surface area (Å²) >= 11 is 0. The number of ether oxygens (including phenoxy) is 1. The highest BCUT2D eigenvalue weighted by Gasteiger charge is 1.99. The Hall–Kier alpha value is -1.94. The summed E-state index contributed by atoms with van der Waals surface area (Å²) in [6.45, 7) is 1.89. The maximum atomic E-state index is 8.89. The highest BCUT2D eigenvalue weighted by molar-refractivity contribution is 5.29. The van der Waals surface area contributed by atoms with Crippen molar-refractivity contribution in [2.75, 3.05) is 0 Å². The number of rotatable bonds is 3. The Balaban J connectivity index is 2.14. The summed E-state index contributed by atoms with van der Waals surface area (Å²) in [5, 5.41) is 8.89. The third-order valence-corrected chi connectivity index (χ3v) is 2.06. The van der Waals surface area contributed by atoms with Gasteiger partial charge in [0, 0.05) is 6.20 Å². The van der Waals surface area contributed by atoms with Gasteiger partial charge in [0.25, 0.3) is 0 Å². The molecule has 2 aromatic rings. The summed E-state index contributed by atoms with van der Waals surface area (Å²) in [5.41, 5.74) is 1.66. The van der Waals surface area contributed by atoms with Crippen LogP contribution in [0.3, 0.4) is 0 Å². The van der Waals surface area contributed by atoms with E-state index in [9.17, 15) is 0 Å². The molecule has 0 amide bonds. The summed E-state index contributed by atoms with van der Waals surface area (Å²) in [4.78, 5) is 8.16. The van der Waals surface area contributed by atoms with Crippen molar-refractivity contribution >= 4 is 0 Å². The number of aromatic nitrogens is 2. The first kappa shape index (κ1) is 10.6. The largest absolute Gasteiger partial charge is 0.437 e. The average molecular weight is 216 g/mol. The van der Waals surface area contributed by atoms with Crippen molar-refractivity contribution in [2.24, 2.45) is 0 Å². The Morgan fingerprint density at radius 3 is 2.56 bits per heavy atom. The van der Waals surface area contributed by atoms with Crippen molar-refractivity contribution in [3.63, 3.8) is 0 Å². The van der Waals surface area contributed by atoms with Gasteiger partial charge in [-0.3, -0.25) is 4.98 Å². The van der Waals surface area contributed by atoms with Gasteiger partial charge in [0.15, 0.2) is 0 Å². The van der Waals surface area contributed by atoms with E-state index >= 15 is 0 Å². The summed E-state index contributed by atoms with van der Waals surface area (Å²) in [7, 11) is 0. The van der Waals surface area contributed by atoms with E-state index in [1.165, 1.54) is 0 Å². The molecule has 0 radical (unpaired) electrons. The van der Waals surface area contributed by atoms with E-state index < -0.39 is 0 Å². The molecule has 4 nitrogen and oxygen atoms in total. The van der Waals surface area contributed by atoms with E-state index in [2.05, 4.69) is 9.97 Å². The van der Waals surface area contributed by atoms with Crippen LogP contribution in [0.25, 0.3) is 0 Å². The highest BCUT2D eigenvalue weighted by Crippen LogP contribution is 2.19. The first-order valence-electron chi connectivity index (χ1n) is 4.94. The number of nitrogens with zero attached hydrogens (tertiary/aromatic N) is 2. The zero-order valence-corrected chi connectivity index (χ0v) is 8.92. The molecular formula is C12H12N2O2. The fourth-order valence-corrected chi connectivity index (χ4v) is 1.27. The standard InChI is InChI=1S/C12H12N2O2/c1-9-6-13-7-12(14-9)16-11-4-2-10(8-15)3-5-11/h2-7,15H,8H2,1H3. The third-order valence-electron chi connectivity index (χ3n) is 2.06. The van der Waals surface area contributed by atoms with Crippen LogP contribution in [0.2, 0.25) is 0 Å². The van der Waals surface area contributed by atoms with Crippen molar-refractivity contribution in [3.8, 4) is 11.6 Å². The molecule has 0 bridgehead atoms. The summed E-state index contributed by atoms with van der Waals surface area (Å²) in [6, 6.07) is 7.18. The summed E-state index contributed by atoms with van der Waals surface area (Å²) < 4.78 is 5.50. The van der Waals surface area contributed by atoms with Gasteiger partial charge in [0.05, 0.1) is 18.5 Å². The predicted molar refractivity (Wildman–Crippen MR) is 59.2 cm³/mol. The third kappa shape index (κ3) is 2.55. The zero-order valence-electron chi connectivity index (χ0n) is 8.92. The molecule has 0 atom stereocenters. The van der Waals surface area contributed by atoms with Gasteiger partial charge in [-0.05, 0) is 24.6 Å². The van der Waals surface area contributed by atoms with Crippen molar-refractivity contribution < 1.29 is 9.84 Å². The van der Waals surface area contributed by atoms with Crippen molar-refractivity contribution in [1.29, 1.82) is 0 Å². The molecule has 0 saturated heterocycles. The van der Waals surface area contributed by atoms with Gasteiger partial charge in [0.1, 0.15) is 5.75 Å². The lowest BCUT2D eigenvalue weighted by Crippen LogP contribution is -1.91. The lowest BCUT2D eigenvalue weighted by atomic mass is 10.2. The molecule has 1 heterocycles. The molecule has 0 aliphatic carbocycles. The van der Waals surface area contributed by atoms with Gasteiger partial charge < -0.3 is 9.84 Å². The molecule has 1 aromatic heterocycles. The molecule has 0 saturated carbocycles. The molecule has 0 aliphatic rings. The molecule has 4 heteroatoms. The molecule has 1 N–H and O–H groups in total. The lowest BCUT2D eigenvalue weighted by Gasteiger charge is -2.05. The van der Waals surface area contributed by atoms with Gasteiger partial charge in [-0.2, -0.15) is 0 Å². The first-order valence-corrected chi connectivity index (χ1v) is 4.94. The van der Waals surface area contributed by atoms with Crippen LogP contribution in [-0.4, -0.2) is 15.1 Å². The second-order valence-corrected chi connectivity index (χ2v) is 3.40. The van der Waals surface area contributed by atoms with E-state index in [1.54, 1.807) is 36.7 Å².